The van der Waals surface area contributed by atoms with Crippen LogP contribution in [0.25, 0.3) is 0 Å². The second-order valence-corrected chi connectivity index (χ2v) is 4.53. The summed E-state index contributed by atoms with van der Waals surface area (Å²) < 4.78 is 0. The molecule has 1 fully saturated rings. The van der Waals surface area contributed by atoms with E-state index in [4.69, 9.17) is 0 Å². The van der Waals surface area contributed by atoms with E-state index in [2.05, 4.69) is 11.6 Å². The first-order chi connectivity index (χ1) is 9.33. The van der Waals surface area contributed by atoms with Gasteiger partial charge in [-0.15, -0.1) is 6.58 Å². The first kappa shape index (κ1) is 11.7. The summed E-state index contributed by atoms with van der Waals surface area (Å²) in [7, 11) is 0. The summed E-state index contributed by atoms with van der Waals surface area (Å²) in [5.74, 6) is -0.0504. The number of hydrogen-bond acceptors (Lipinski definition) is 2. The molecule has 2 atom stereocenters. The Bertz CT molecular complexity index is 595. The standard InChI is InChI=1S/C16H14N2O/c1-2-14-15(12-8-10-17-11-9-12)18(16(14)19)13-6-4-3-5-7-13/h2-11,14-15H,1H2/t14-,15-/m1/s1. The van der Waals surface area contributed by atoms with Crippen molar-refractivity contribution in [2.24, 2.45) is 5.92 Å². The Morgan fingerprint density at radius 1 is 1.11 bits per heavy atom. The predicted octanol–water partition coefficient (Wildman–Crippen LogP) is 2.97. The molecule has 0 aliphatic carbocycles. The molecule has 2 heterocycles. The normalized spacial score (nSPS) is 21.9. The van der Waals surface area contributed by atoms with Gasteiger partial charge in [-0.2, -0.15) is 0 Å². The Morgan fingerprint density at radius 3 is 2.42 bits per heavy atom. The average Bonchev–Trinajstić information content (AvgIpc) is 2.47. The van der Waals surface area contributed by atoms with Crippen molar-refractivity contribution >= 4 is 11.6 Å². The average molecular weight is 250 g/mol. The van der Waals surface area contributed by atoms with Crippen molar-refractivity contribution in [1.82, 2.24) is 4.98 Å². The molecule has 0 radical (unpaired) electrons. The molecule has 3 heteroatoms. The van der Waals surface area contributed by atoms with Gasteiger partial charge in [0, 0.05) is 18.1 Å². The van der Waals surface area contributed by atoms with Crippen LogP contribution >= 0.6 is 0 Å². The van der Waals surface area contributed by atoms with Crippen LogP contribution in [-0.4, -0.2) is 10.9 Å². The van der Waals surface area contributed by atoms with Gasteiger partial charge in [-0.25, -0.2) is 0 Å². The van der Waals surface area contributed by atoms with E-state index in [1.807, 2.05) is 47.4 Å². The Hall–Kier alpha value is -2.42. The van der Waals surface area contributed by atoms with Crippen molar-refractivity contribution in [2.75, 3.05) is 4.90 Å². The minimum absolute atomic E-state index is 0.0235. The van der Waals surface area contributed by atoms with E-state index in [9.17, 15) is 4.79 Å². The minimum Gasteiger partial charge on any atom is -0.303 e. The second kappa shape index (κ2) is 4.69. The van der Waals surface area contributed by atoms with Gasteiger partial charge in [0.15, 0.2) is 0 Å². The van der Waals surface area contributed by atoms with Crippen LogP contribution < -0.4 is 4.90 Å². The number of benzene rings is 1. The zero-order valence-electron chi connectivity index (χ0n) is 10.4. The number of pyridine rings is 1. The highest BCUT2D eigenvalue weighted by atomic mass is 16.2. The third-order valence-corrected chi connectivity index (χ3v) is 3.48. The molecular formula is C16H14N2O. The van der Waals surface area contributed by atoms with Gasteiger partial charge in [0.05, 0.1) is 12.0 Å². The number of β-lactam (4-membered cyclic amide) rings is 1. The molecule has 1 saturated heterocycles. The summed E-state index contributed by atoms with van der Waals surface area (Å²) in [5, 5.41) is 0. The van der Waals surface area contributed by atoms with E-state index in [-0.39, 0.29) is 17.9 Å². The number of carbonyl (C=O) groups excluding carboxylic acids is 1. The maximum absolute atomic E-state index is 12.2. The summed E-state index contributed by atoms with van der Waals surface area (Å²) in [4.78, 5) is 18.1. The van der Waals surface area contributed by atoms with Crippen molar-refractivity contribution in [1.29, 1.82) is 0 Å². The fourth-order valence-electron chi connectivity index (χ4n) is 2.53. The van der Waals surface area contributed by atoms with Crippen molar-refractivity contribution < 1.29 is 4.79 Å². The molecule has 94 valence electrons. The largest absolute Gasteiger partial charge is 0.303 e. The lowest BCUT2D eigenvalue weighted by atomic mass is 9.82. The summed E-state index contributed by atoms with van der Waals surface area (Å²) in [6, 6.07) is 13.6. The third-order valence-electron chi connectivity index (χ3n) is 3.48. The molecule has 0 spiro atoms. The summed E-state index contributed by atoms with van der Waals surface area (Å²) >= 11 is 0. The Balaban J connectivity index is 2.00. The third kappa shape index (κ3) is 1.83. The summed E-state index contributed by atoms with van der Waals surface area (Å²) in [6.07, 6.45) is 5.23. The molecule has 1 aromatic carbocycles. The number of para-hydroxylation sites is 1. The molecular weight excluding hydrogens is 236 g/mol. The lowest BCUT2D eigenvalue weighted by molar-refractivity contribution is -0.128. The number of rotatable bonds is 3. The van der Waals surface area contributed by atoms with Gasteiger partial charge in [-0.3, -0.25) is 9.78 Å². The first-order valence-corrected chi connectivity index (χ1v) is 6.23. The van der Waals surface area contributed by atoms with Crippen molar-refractivity contribution in [3.8, 4) is 0 Å². The van der Waals surface area contributed by atoms with E-state index in [0.717, 1.165) is 11.3 Å². The monoisotopic (exact) mass is 250 g/mol. The zero-order valence-corrected chi connectivity index (χ0v) is 10.4. The summed E-state index contributed by atoms with van der Waals surface area (Å²) in [5.41, 5.74) is 2.01. The first-order valence-electron chi connectivity index (χ1n) is 6.23. The number of carbonyl (C=O) groups is 1. The molecule has 1 aliphatic heterocycles. The van der Waals surface area contributed by atoms with Crippen LogP contribution in [0, 0.1) is 5.92 Å². The van der Waals surface area contributed by atoms with Crippen molar-refractivity contribution in [3.05, 3.63) is 73.1 Å². The highest BCUT2D eigenvalue weighted by molar-refractivity contribution is 6.04. The van der Waals surface area contributed by atoms with Crippen LogP contribution in [0.5, 0.6) is 0 Å². The maximum atomic E-state index is 12.2. The van der Waals surface area contributed by atoms with E-state index >= 15 is 0 Å². The molecule has 1 amide bonds. The molecule has 0 bridgehead atoms. The minimum atomic E-state index is -0.150. The zero-order chi connectivity index (χ0) is 13.2. The van der Waals surface area contributed by atoms with Crippen LogP contribution in [0.1, 0.15) is 11.6 Å². The lowest BCUT2D eigenvalue weighted by Gasteiger charge is -2.46. The Labute approximate surface area is 112 Å². The van der Waals surface area contributed by atoms with E-state index in [1.165, 1.54) is 0 Å². The van der Waals surface area contributed by atoms with Gasteiger partial charge in [-0.1, -0.05) is 24.3 Å². The highest BCUT2D eigenvalue weighted by Gasteiger charge is 2.46. The smallest absolute Gasteiger partial charge is 0.236 e. The Kier molecular flexibility index (Phi) is 2.88. The van der Waals surface area contributed by atoms with Gasteiger partial charge >= 0.3 is 0 Å². The fourth-order valence-corrected chi connectivity index (χ4v) is 2.53. The van der Waals surface area contributed by atoms with Crippen molar-refractivity contribution in [2.45, 2.75) is 6.04 Å². The lowest BCUT2D eigenvalue weighted by Crippen LogP contribution is -2.54. The molecule has 0 saturated carbocycles. The van der Waals surface area contributed by atoms with Gasteiger partial charge in [0.2, 0.25) is 5.91 Å². The number of nitrogens with zero attached hydrogens (tertiary/aromatic N) is 2. The molecule has 0 N–H and O–H groups in total. The van der Waals surface area contributed by atoms with E-state index in [1.54, 1.807) is 18.5 Å². The number of hydrogen-bond donors (Lipinski definition) is 0. The maximum Gasteiger partial charge on any atom is 0.236 e. The van der Waals surface area contributed by atoms with Crippen LogP contribution in [0.3, 0.4) is 0 Å². The SMILES string of the molecule is C=C[C@H]1C(=O)N(c2ccccc2)[C@@H]1c1ccncc1. The highest BCUT2D eigenvalue weighted by Crippen LogP contribution is 2.43. The Morgan fingerprint density at radius 2 is 1.79 bits per heavy atom. The van der Waals surface area contributed by atoms with E-state index < -0.39 is 0 Å². The van der Waals surface area contributed by atoms with Gasteiger partial charge < -0.3 is 4.90 Å². The fraction of sp³-hybridized carbons (Fsp3) is 0.125. The second-order valence-electron chi connectivity index (χ2n) is 4.53. The molecule has 1 aliphatic rings. The molecule has 2 aromatic rings. The number of anilines is 1. The van der Waals surface area contributed by atoms with Gasteiger partial charge in [-0.05, 0) is 29.8 Å². The van der Waals surface area contributed by atoms with E-state index in [0.29, 0.717) is 0 Å². The van der Waals surface area contributed by atoms with Crippen LogP contribution in [0.4, 0.5) is 5.69 Å². The van der Waals surface area contributed by atoms with Gasteiger partial charge in [0.1, 0.15) is 0 Å². The quantitative estimate of drug-likeness (QED) is 0.620. The van der Waals surface area contributed by atoms with Gasteiger partial charge in [0.25, 0.3) is 0 Å². The van der Waals surface area contributed by atoms with Crippen molar-refractivity contribution in [3.63, 3.8) is 0 Å². The van der Waals surface area contributed by atoms with Crippen LogP contribution in [0.15, 0.2) is 67.5 Å². The van der Waals surface area contributed by atoms with Crippen LogP contribution in [-0.2, 0) is 4.79 Å². The topological polar surface area (TPSA) is 33.2 Å². The summed E-state index contributed by atoms with van der Waals surface area (Å²) in [6.45, 7) is 3.77. The molecule has 3 nitrogen and oxygen atoms in total. The number of amides is 1. The molecule has 3 rings (SSSR count). The molecule has 0 unspecified atom stereocenters. The predicted molar refractivity (Wildman–Crippen MR) is 74.6 cm³/mol. The number of aromatic nitrogens is 1. The van der Waals surface area contributed by atoms with Crippen LogP contribution in [0.2, 0.25) is 0 Å². The molecule has 19 heavy (non-hydrogen) atoms. The molecule has 1 aromatic heterocycles.